The van der Waals surface area contributed by atoms with Crippen LogP contribution in [0.2, 0.25) is 0 Å². The van der Waals surface area contributed by atoms with Crippen molar-refractivity contribution in [3.05, 3.63) is 16.7 Å². The molecule has 5 N–H and O–H groups in total. The predicted molar refractivity (Wildman–Crippen MR) is 97.9 cm³/mol. The Hall–Kier alpha value is -1.40. The summed E-state index contributed by atoms with van der Waals surface area (Å²) < 4.78 is 17.2. The van der Waals surface area contributed by atoms with Crippen LogP contribution >= 0.6 is 6.72 Å². The molecule has 0 amide bonds. The summed E-state index contributed by atoms with van der Waals surface area (Å²) in [6, 6.07) is 0. The minimum atomic E-state index is -3.32. The summed E-state index contributed by atoms with van der Waals surface area (Å²) in [7, 11) is 1.26. The largest absolute Gasteiger partial charge is 0.389 e. The Bertz CT molecular complexity index is 855. The van der Waals surface area contributed by atoms with Gasteiger partial charge in [0.2, 0.25) is 5.95 Å². The predicted octanol–water partition coefficient (Wildman–Crippen LogP) is 0.256. The zero-order valence-electron chi connectivity index (χ0n) is 14.5. The molecule has 2 heterocycles. The second-order valence-electron chi connectivity index (χ2n) is 5.52. The van der Waals surface area contributed by atoms with Crippen LogP contribution in [0.5, 0.6) is 0 Å². The number of hydrogen-bond donors (Lipinski definition) is 4. The molecule has 146 valence electrons. The highest BCUT2D eigenvalue weighted by Gasteiger charge is 2.26. The van der Waals surface area contributed by atoms with E-state index in [1.165, 1.54) is 24.9 Å². The SMILES string of the molecule is CC[C@H](COP(O)(=S)OC)O[C@H]([C@H](C)O)n1cnc2c(=O)[nH]c(N)nc21. The molecule has 2 rings (SSSR count). The highest BCUT2D eigenvalue weighted by molar-refractivity contribution is 8.07. The molecule has 0 saturated carbocycles. The van der Waals surface area contributed by atoms with Gasteiger partial charge in [-0.2, -0.15) is 4.98 Å². The molecule has 0 aromatic carbocycles. The fourth-order valence-electron chi connectivity index (χ4n) is 2.22. The summed E-state index contributed by atoms with van der Waals surface area (Å²) in [6.45, 7) is 0.000937. The van der Waals surface area contributed by atoms with Gasteiger partial charge in [0.25, 0.3) is 5.56 Å². The monoisotopic (exact) mass is 407 g/mol. The summed E-state index contributed by atoms with van der Waals surface area (Å²) >= 11 is 4.79. The fraction of sp³-hybridized carbons (Fsp3) is 0.615. The van der Waals surface area contributed by atoms with Crippen molar-refractivity contribution in [1.29, 1.82) is 0 Å². The number of nitrogens with zero attached hydrogens (tertiary/aromatic N) is 3. The maximum atomic E-state index is 11.9. The molecular formula is C13H22N5O6PS. The number of hydrogen-bond acceptors (Lipinski definition) is 9. The van der Waals surface area contributed by atoms with E-state index >= 15 is 0 Å². The van der Waals surface area contributed by atoms with Gasteiger partial charge in [0.05, 0.1) is 25.1 Å². The molecule has 0 aliphatic carbocycles. The molecule has 4 atom stereocenters. The molecule has 0 spiro atoms. The third kappa shape index (κ3) is 4.86. The van der Waals surface area contributed by atoms with Gasteiger partial charge in [-0.25, -0.2) is 4.98 Å². The quantitative estimate of drug-likeness (QED) is 0.425. The normalized spacial score (nSPS) is 17.7. The van der Waals surface area contributed by atoms with Gasteiger partial charge in [-0.05, 0) is 25.2 Å². The van der Waals surface area contributed by atoms with Crippen LogP contribution in [-0.4, -0.2) is 55.4 Å². The molecule has 0 aliphatic heterocycles. The van der Waals surface area contributed by atoms with Crippen LogP contribution in [0.4, 0.5) is 5.95 Å². The van der Waals surface area contributed by atoms with Crippen molar-refractivity contribution < 1.29 is 23.8 Å². The van der Waals surface area contributed by atoms with Crippen molar-refractivity contribution in [3.8, 4) is 0 Å². The van der Waals surface area contributed by atoms with Gasteiger partial charge >= 0.3 is 6.72 Å². The van der Waals surface area contributed by atoms with Gasteiger partial charge in [0.15, 0.2) is 17.4 Å². The topological polar surface area (TPSA) is 158 Å². The molecule has 1 unspecified atom stereocenters. The van der Waals surface area contributed by atoms with E-state index in [9.17, 15) is 14.8 Å². The first-order chi connectivity index (χ1) is 12.2. The van der Waals surface area contributed by atoms with Gasteiger partial charge < -0.3 is 29.5 Å². The Morgan fingerprint density at radius 1 is 1.54 bits per heavy atom. The van der Waals surface area contributed by atoms with Crippen LogP contribution in [0.1, 0.15) is 26.5 Å². The summed E-state index contributed by atoms with van der Waals surface area (Å²) in [5.41, 5.74) is 5.34. The number of nitrogens with one attached hydrogen (secondary N) is 1. The van der Waals surface area contributed by atoms with Crippen molar-refractivity contribution in [2.75, 3.05) is 19.5 Å². The molecule has 0 fully saturated rings. The first-order valence-electron chi connectivity index (χ1n) is 7.77. The zero-order valence-corrected chi connectivity index (χ0v) is 16.2. The van der Waals surface area contributed by atoms with E-state index in [2.05, 4.69) is 15.0 Å². The third-order valence-corrected chi connectivity index (χ3v) is 5.28. The van der Waals surface area contributed by atoms with Crippen LogP contribution in [0.15, 0.2) is 11.1 Å². The van der Waals surface area contributed by atoms with E-state index < -0.39 is 30.7 Å². The number of aromatic nitrogens is 4. The maximum absolute atomic E-state index is 11.9. The highest BCUT2D eigenvalue weighted by Crippen LogP contribution is 2.42. The molecule has 13 heteroatoms. The number of nitrogen functional groups attached to an aromatic ring is 1. The molecule has 2 aromatic rings. The minimum Gasteiger partial charge on any atom is -0.389 e. The highest BCUT2D eigenvalue weighted by atomic mass is 32.5. The van der Waals surface area contributed by atoms with Crippen molar-refractivity contribution in [2.24, 2.45) is 0 Å². The second-order valence-corrected chi connectivity index (χ2v) is 8.46. The number of ether oxygens (including phenoxy) is 1. The molecular weight excluding hydrogens is 385 g/mol. The van der Waals surface area contributed by atoms with Gasteiger partial charge in [-0.1, -0.05) is 6.92 Å². The summed E-state index contributed by atoms with van der Waals surface area (Å²) in [6.07, 6.45) is -0.561. The molecule has 0 aliphatic rings. The zero-order chi connectivity index (χ0) is 19.5. The number of H-pyrrole nitrogens is 1. The number of rotatable bonds is 9. The average molecular weight is 407 g/mol. The molecule has 26 heavy (non-hydrogen) atoms. The smallest absolute Gasteiger partial charge is 0.324 e. The van der Waals surface area contributed by atoms with Crippen molar-refractivity contribution in [2.45, 2.75) is 38.7 Å². The lowest BCUT2D eigenvalue weighted by Crippen LogP contribution is -2.31. The Morgan fingerprint density at radius 3 is 2.81 bits per heavy atom. The van der Waals surface area contributed by atoms with Crippen molar-refractivity contribution >= 4 is 35.6 Å². The second kappa shape index (κ2) is 8.53. The van der Waals surface area contributed by atoms with Crippen LogP contribution in [-0.2, 0) is 25.6 Å². The number of aromatic amines is 1. The lowest BCUT2D eigenvalue weighted by molar-refractivity contribution is -0.121. The minimum absolute atomic E-state index is 0.0376. The van der Waals surface area contributed by atoms with Crippen molar-refractivity contribution in [1.82, 2.24) is 19.5 Å². The molecule has 11 nitrogen and oxygen atoms in total. The van der Waals surface area contributed by atoms with E-state index in [0.717, 1.165) is 0 Å². The van der Waals surface area contributed by atoms with Crippen LogP contribution in [0.25, 0.3) is 11.2 Å². The van der Waals surface area contributed by atoms with E-state index in [1.807, 2.05) is 6.92 Å². The average Bonchev–Trinajstić information content (AvgIpc) is 2.98. The van der Waals surface area contributed by atoms with Gasteiger partial charge in [-0.3, -0.25) is 14.3 Å². The first kappa shape index (κ1) is 20.9. The molecule has 2 aromatic heterocycles. The Balaban J connectivity index is 2.29. The summed E-state index contributed by atoms with van der Waals surface area (Å²) in [5, 5.41) is 10.2. The lowest BCUT2D eigenvalue weighted by Gasteiger charge is -2.28. The number of aliphatic hydroxyl groups is 1. The first-order valence-corrected chi connectivity index (χ1v) is 10.4. The van der Waals surface area contributed by atoms with Crippen LogP contribution < -0.4 is 11.3 Å². The molecule has 0 radical (unpaired) electrons. The molecule has 0 saturated heterocycles. The van der Waals surface area contributed by atoms with E-state index in [4.69, 9.17) is 31.3 Å². The van der Waals surface area contributed by atoms with E-state index in [1.54, 1.807) is 0 Å². The van der Waals surface area contributed by atoms with Crippen molar-refractivity contribution in [3.63, 3.8) is 0 Å². The van der Waals surface area contributed by atoms with Gasteiger partial charge in [-0.15, -0.1) is 0 Å². The lowest BCUT2D eigenvalue weighted by atomic mass is 10.2. The van der Waals surface area contributed by atoms with E-state index in [0.29, 0.717) is 6.42 Å². The van der Waals surface area contributed by atoms with E-state index in [-0.39, 0.29) is 23.7 Å². The Kier molecular flexibility index (Phi) is 6.86. The number of imidazole rings is 1. The van der Waals surface area contributed by atoms with Gasteiger partial charge in [0.1, 0.15) is 0 Å². The standard InChI is InChI=1S/C13H22N5O6PS/c1-4-8(5-23-25(21,26)22-3)24-12(7(2)19)18-6-15-9-10(18)16-13(14)17-11(9)20/h6-8,12,19H,4-5H2,1-3H3,(H,21,26)(H3,14,16,17,20)/t7-,8+,12+,25?/m0/s1. The number of fused-ring (bicyclic) bond motifs is 1. The Labute approximate surface area is 154 Å². The van der Waals surface area contributed by atoms with Gasteiger partial charge in [0, 0.05) is 7.11 Å². The van der Waals surface area contributed by atoms with Crippen LogP contribution in [0.3, 0.4) is 0 Å². The third-order valence-electron chi connectivity index (χ3n) is 3.58. The summed E-state index contributed by atoms with van der Waals surface area (Å²) in [4.78, 5) is 32.0. The maximum Gasteiger partial charge on any atom is 0.324 e. The number of nitrogens with two attached hydrogens (primary N) is 1. The Morgan fingerprint density at radius 2 is 2.23 bits per heavy atom. The van der Waals surface area contributed by atoms with Crippen LogP contribution in [0, 0.1) is 0 Å². The molecule has 0 bridgehead atoms. The number of anilines is 1. The summed E-state index contributed by atoms with van der Waals surface area (Å²) in [5.74, 6) is -0.0787. The number of aliphatic hydroxyl groups excluding tert-OH is 1. The fourth-order valence-corrected chi connectivity index (χ4v) is 2.86.